The second-order valence-electron chi connectivity index (χ2n) is 8.01. The van der Waals surface area contributed by atoms with E-state index in [0.29, 0.717) is 23.5 Å². The van der Waals surface area contributed by atoms with E-state index < -0.39 is 0 Å². The van der Waals surface area contributed by atoms with Crippen LogP contribution in [0.2, 0.25) is 0 Å². The first-order chi connectivity index (χ1) is 15.0. The Morgan fingerprint density at radius 2 is 1.74 bits per heavy atom. The molecule has 2 heterocycles. The number of amides is 2. The molecule has 2 amide bonds. The van der Waals surface area contributed by atoms with Crippen LogP contribution >= 0.6 is 0 Å². The fourth-order valence-corrected chi connectivity index (χ4v) is 3.83. The van der Waals surface area contributed by atoms with Crippen molar-refractivity contribution in [1.29, 1.82) is 0 Å². The molecular formula is C24H27N5O2. The van der Waals surface area contributed by atoms with E-state index in [1.807, 2.05) is 67.3 Å². The number of piperidine rings is 1. The van der Waals surface area contributed by atoms with Crippen molar-refractivity contribution in [3.05, 3.63) is 76.6 Å². The third kappa shape index (κ3) is 4.66. The second-order valence-corrected chi connectivity index (χ2v) is 8.01. The Bertz CT molecular complexity index is 1080. The van der Waals surface area contributed by atoms with Crippen molar-refractivity contribution in [2.75, 3.05) is 13.1 Å². The van der Waals surface area contributed by atoms with E-state index in [4.69, 9.17) is 0 Å². The summed E-state index contributed by atoms with van der Waals surface area (Å²) < 4.78 is 1.66. The standard InChI is InChI=1S/C24H27N5O2/c1-17-9-11-21(12-10-17)29-18(2)22(26-27-29)23(30)25-16-19-7-6-8-20(15-19)24(31)28-13-4-3-5-14-28/h6-12,15H,3-5,13-14,16H2,1-2H3,(H,25,30). The lowest BCUT2D eigenvalue weighted by Crippen LogP contribution is -2.35. The number of carbonyl (C=O) groups excluding carboxylic acids is 2. The molecule has 1 N–H and O–H groups in total. The number of likely N-dealkylation sites (tertiary alicyclic amines) is 1. The van der Waals surface area contributed by atoms with E-state index >= 15 is 0 Å². The molecule has 0 bridgehead atoms. The number of nitrogens with zero attached hydrogens (tertiary/aromatic N) is 4. The maximum absolute atomic E-state index is 12.7. The smallest absolute Gasteiger partial charge is 0.274 e. The number of nitrogens with one attached hydrogen (secondary N) is 1. The predicted octanol–water partition coefficient (Wildman–Crippen LogP) is 3.44. The zero-order chi connectivity index (χ0) is 21.8. The van der Waals surface area contributed by atoms with Crippen LogP contribution in [0, 0.1) is 13.8 Å². The number of hydrogen-bond donors (Lipinski definition) is 1. The Morgan fingerprint density at radius 3 is 2.48 bits per heavy atom. The first-order valence-corrected chi connectivity index (χ1v) is 10.7. The molecule has 1 saturated heterocycles. The fraction of sp³-hybridized carbons (Fsp3) is 0.333. The third-order valence-corrected chi connectivity index (χ3v) is 5.66. The average Bonchev–Trinajstić information content (AvgIpc) is 3.19. The normalized spacial score (nSPS) is 13.8. The van der Waals surface area contributed by atoms with Crippen molar-refractivity contribution in [2.45, 2.75) is 39.7 Å². The maximum atomic E-state index is 12.7. The summed E-state index contributed by atoms with van der Waals surface area (Å²) >= 11 is 0. The molecule has 1 aromatic heterocycles. The fourth-order valence-electron chi connectivity index (χ4n) is 3.83. The monoisotopic (exact) mass is 417 g/mol. The van der Waals surface area contributed by atoms with Gasteiger partial charge in [-0.05, 0) is 62.9 Å². The number of rotatable bonds is 5. The number of benzene rings is 2. The van der Waals surface area contributed by atoms with Crippen LogP contribution in [0.4, 0.5) is 0 Å². The lowest BCUT2D eigenvalue weighted by molar-refractivity contribution is 0.0724. The van der Waals surface area contributed by atoms with E-state index in [1.165, 1.54) is 6.42 Å². The molecule has 0 spiro atoms. The number of carbonyl (C=O) groups is 2. The molecule has 160 valence electrons. The summed E-state index contributed by atoms with van der Waals surface area (Å²) in [4.78, 5) is 27.3. The Hall–Kier alpha value is -3.48. The molecule has 1 fully saturated rings. The summed E-state index contributed by atoms with van der Waals surface area (Å²) in [5.41, 5.74) is 4.52. The molecule has 1 aliphatic heterocycles. The average molecular weight is 418 g/mol. The molecule has 31 heavy (non-hydrogen) atoms. The molecule has 1 aliphatic rings. The molecule has 4 rings (SSSR count). The molecule has 0 radical (unpaired) electrons. The van der Waals surface area contributed by atoms with Gasteiger partial charge in [0.1, 0.15) is 0 Å². The topological polar surface area (TPSA) is 80.1 Å². The highest BCUT2D eigenvalue weighted by molar-refractivity contribution is 5.95. The summed E-state index contributed by atoms with van der Waals surface area (Å²) in [6.07, 6.45) is 3.30. The van der Waals surface area contributed by atoms with Crippen molar-refractivity contribution < 1.29 is 9.59 Å². The molecular weight excluding hydrogens is 390 g/mol. The van der Waals surface area contributed by atoms with Gasteiger partial charge in [0.25, 0.3) is 11.8 Å². The van der Waals surface area contributed by atoms with Gasteiger partial charge in [0, 0.05) is 25.2 Å². The van der Waals surface area contributed by atoms with Gasteiger partial charge in [-0.3, -0.25) is 9.59 Å². The van der Waals surface area contributed by atoms with Gasteiger partial charge in [0.15, 0.2) is 5.69 Å². The zero-order valence-electron chi connectivity index (χ0n) is 18.0. The molecule has 3 aromatic rings. The van der Waals surface area contributed by atoms with E-state index in [2.05, 4.69) is 15.6 Å². The van der Waals surface area contributed by atoms with Crippen molar-refractivity contribution in [2.24, 2.45) is 0 Å². The summed E-state index contributed by atoms with van der Waals surface area (Å²) in [6.45, 7) is 5.79. The predicted molar refractivity (Wildman–Crippen MR) is 118 cm³/mol. The Morgan fingerprint density at radius 1 is 1.00 bits per heavy atom. The van der Waals surface area contributed by atoms with Crippen LogP contribution in [0.1, 0.15) is 56.9 Å². The lowest BCUT2D eigenvalue weighted by atomic mass is 10.1. The Balaban J connectivity index is 1.42. The van der Waals surface area contributed by atoms with Crippen LogP contribution in [-0.2, 0) is 6.54 Å². The van der Waals surface area contributed by atoms with Gasteiger partial charge in [-0.25, -0.2) is 4.68 Å². The molecule has 0 aliphatic carbocycles. The van der Waals surface area contributed by atoms with Gasteiger partial charge in [-0.2, -0.15) is 0 Å². The van der Waals surface area contributed by atoms with Crippen LogP contribution in [0.3, 0.4) is 0 Å². The highest BCUT2D eigenvalue weighted by atomic mass is 16.2. The van der Waals surface area contributed by atoms with Crippen LogP contribution in [0.5, 0.6) is 0 Å². The van der Waals surface area contributed by atoms with Gasteiger partial charge in [0.05, 0.1) is 11.4 Å². The quantitative estimate of drug-likeness (QED) is 0.690. The molecule has 0 unspecified atom stereocenters. The van der Waals surface area contributed by atoms with Crippen LogP contribution in [-0.4, -0.2) is 44.8 Å². The third-order valence-electron chi connectivity index (χ3n) is 5.66. The van der Waals surface area contributed by atoms with Crippen LogP contribution < -0.4 is 5.32 Å². The minimum Gasteiger partial charge on any atom is -0.347 e. The van der Waals surface area contributed by atoms with Crippen molar-refractivity contribution >= 4 is 11.8 Å². The zero-order valence-corrected chi connectivity index (χ0v) is 18.0. The molecule has 0 atom stereocenters. The highest BCUT2D eigenvalue weighted by Crippen LogP contribution is 2.15. The minimum absolute atomic E-state index is 0.0600. The molecule has 7 nitrogen and oxygen atoms in total. The Kier molecular flexibility index (Phi) is 6.11. The van der Waals surface area contributed by atoms with E-state index in [9.17, 15) is 9.59 Å². The van der Waals surface area contributed by atoms with Crippen LogP contribution in [0.25, 0.3) is 5.69 Å². The number of aromatic nitrogens is 3. The van der Waals surface area contributed by atoms with Gasteiger partial charge in [0.2, 0.25) is 0 Å². The number of aryl methyl sites for hydroxylation is 1. The first-order valence-electron chi connectivity index (χ1n) is 10.7. The summed E-state index contributed by atoms with van der Waals surface area (Å²) in [6, 6.07) is 15.3. The van der Waals surface area contributed by atoms with Crippen molar-refractivity contribution in [1.82, 2.24) is 25.2 Å². The van der Waals surface area contributed by atoms with Crippen molar-refractivity contribution in [3.8, 4) is 5.69 Å². The van der Waals surface area contributed by atoms with Crippen molar-refractivity contribution in [3.63, 3.8) is 0 Å². The summed E-state index contributed by atoms with van der Waals surface area (Å²) in [5, 5.41) is 11.1. The van der Waals surface area contributed by atoms with Gasteiger partial charge >= 0.3 is 0 Å². The Labute approximate surface area is 182 Å². The van der Waals surface area contributed by atoms with Gasteiger partial charge in [-0.15, -0.1) is 5.10 Å². The number of hydrogen-bond acceptors (Lipinski definition) is 4. The van der Waals surface area contributed by atoms with Gasteiger partial charge < -0.3 is 10.2 Å². The molecule has 7 heteroatoms. The maximum Gasteiger partial charge on any atom is 0.274 e. The SMILES string of the molecule is Cc1ccc(-n2nnc(C(=O)NCc3cccc(C(=O)N4CCCCC4)c3)c2C)cc1. The highest BCUT2D eigenvalue weighted by Gasteiger charge is 2.19. The van der Waals surface area contributed by atoms with E-state index in [-0.39, 0.29) is 11.8 Å². The second kappa shape index (κ2) is 9.12. The van der Waals surface area contributed by atoms with E-state index in [0.717, 1.165) is 42.7 Å². The first kappa shape index (κ1) is 20.8. The molecule has 2 aromatic carbocycles. The molecule has 0 saturated carbocycles. The van der Waals surface area contributed by atoms with E-state index in [1.54, 1.807) is 4.68 Å². The largest absolute Gasteiger partial charge is 0.347 e. The summed E-state index contributed by atoms with van der Waals surface area (Å²) in [5.74, 6) is -0.228. The minimum atomic E-state index is -0.288. The van der Waals surface area contributed by atoms with Crippen LogP contribution in [0.15, 0.2) is 48.5 Å². The summed E-state index contributed by atoms with van der Waals surface area (Å²) in [7, 11) is 0. The lowest BCUT2D eigenvalue weighted by Gasteiger charge is -2.26. The van der Waals surface area contributed by atoms with Gasteiger partial charge in [-0.1, -0.05) is 35.0 Å².